The Morgan fingerprint density at radius 2 is 1.70 bits per heavy atom. The van der Waals surface area contributed by atoms with Gasteiger partial charge < -0.3 is 9.47 Å². The van der Waals surface area contributed by atoms with Crippen LogP contribution in [0.5, 0.6) is 5.75 Å². The van der Waals surface area contributed by atoms with E-state index in [9.17, 15) is 9.59 Å². The third-order valence-electron chi connectivity index (χ3n) is 8.11. The molecule has 4 nitrogen and oxygen atoms in total. The Morgan fingerprint density at radius 1 is 0.970 bits per heavy atom. The smallest absolute Gasteiger partial charge is 0.170 e. The highest BCUT2D eigenvalue weighted by Gasteiger charge is 2.66. The van der Waals surface area contributed by atoms with Crippen LogP contribution < -0.4 is 4.74 Å². The largest absolute Gasteiger partial charge is 0.459 e. The fourth-order valence-corrected chi connectivity index (χ4v) is 6.59. The number of hydrogen-bond donors (Lipinski definition) is 0. The Labute approximate surface area is 194 Å². The van der Waals surface area contributed by atoms with E-state index < -0.39 is 17.1 Å². The maximum absolute atomic E-state index is 13.7. The molecule has 4 aliphatic carbocycles. The summed E-state index contributed by atoms with van der Waals surface area (Å²) < 4.78 is 13.3. The number of ether oxygens (including phenoxy) is 2. The van der Waals surface area contributed by atoms with E-state index in [1.165, 1.54) is 5.56 Å². The molecular weight excluding hydrogens is 412 g/mol. The highest BCUT2D eigenvalue weighted by atomic mass is 16.6. The van der Waals surface area contributed by atoms with Crippen molar-refractivity contribution in [2.45, 2.75) is 50.7 Å². The number of benzene rings is 2. The first kappa shape index (κ1) is 20.6. The lowest BCUT2D eigenvalue weighted by Crippen LogP contribution is -2.53. The summed E-state index contributed by atoms with van der Waals surface area (Å²) in [6, 6.07) is 15.3. The van der Waals surface area contributed by atoms with E-state index in [-0.39, 0.29) is 23.4 Å². The second-order valence-electron chi connectivity index (χ2n) is 10.3. The van der Waals surface area contributed by atoms with Crippen LogP contribution in [0, 0.1) is 24.7 Å². The Balaban J connectivity index is 1.35. The average molecular weight is 441 g/mol. The standard InChI is InChI=1S/C29H28O4/c1-18-10-12-20(13-11-18)32-23-9-5-6-15-28(23,2)33-29-16-14-19(17-29)24-25(29)27(31)22-8-4-3-7-21(22)26(24)30/h3-13,19,24-25H,14-17H2,1-2H3. The normalized spacial score (nSPS) is 34.1. The summed E-state index contributed by atoms with van der Waals surface area (Å²) in [5.74, 6) is 1.21. The minimum absolute atomic E-state index is 0.0670. The third-order valence-corrected chi connectivity index (χ3v) is 8.11. The molecule has 6 rings (SSSR count). The monoisotopic (exact) mass is 440 g/mol. The Bertz CT molecular complexity index is 1210. The summed E-state index contributed by atoms with van der Waals surface area (Å²) in [4.78, 5) is 27.1. The van der Waals surface area contributed by atoms with Crippen molar-refractivity contribution in [1.29, 1.82) is 0 Å². The molecule has 5 unspecified atom stereocenters. The van der Waals surface area contributed by atoms with E-state index in [4.69, 9.17) is 9.47 Å². The zero-order chi connectivity index (χ0) is 22.8. The summed E-state index contributed by atoms with van der Waals surface area (Å²) in [5.41, 5.74) is 0.975. The molecule has 2 aromatic carbocycles. The average Bonchev–Trinajstić information content (AvgIpc) is 3.36. The molecule has 0 N–H and O–H groups in total. The van der Waals surface area contributed by atoms with Gasteiger partial charge in [0.15, 0.2) is 11.6 Å². The van der Waals surface area contributed by atoms with Crippen LogP contribution in [0.15, 0.2) is 72.5 Å². The van der Waals surface area contributed by atoms with Crippen LogP contribution >= 0.6 is 0 Å². The molecule has 0 heterocycles. The molecule has 0 saturated heterocycles. The lowest BCUT2D eigenvalue weighted by Gasteiger charge is -2.46. The maximum atomic E-state index is 13.7. The van der Waals surface area contributed by atoms with Gasteiger partial charge in [-0.05, 0) is 57.2 Å². The van der Waals surface area contributed by atoms with Crippen LogP contribution in [-0.4, -0.2) is 22.8 Å². The number of ketones is 2. The molecule has 5 atom stereocenters. The zero-order valence-corrected chi connectivity index (χ0v) is 19.0. The second-order valence-corrected chi connectivity index (χ2v) is 10.3. The maximum Gasteiger partial charge on any atom is 0.170 e. The molecule has 168 valence electrons. The minimum atomic E-state index is -0.705. The van der Waals surface area contributed by atoms with Gasteiger partial charge in [0.05, 0.1) is 11.5 Å². The van der Waals surface area contributed by atoms with Crippen molar-refractivity contribution in [3.05, 3.63) is 89.2 Å². The SMILES string of the molecule is Cc1ccc(OC2=CC=CCC2(C)OC23CCC(C2)C2C(=O)c4ccccc4C(=O)C23)cc1. The lowest BCUT2D eigenvalue weighted by atomic mass is 9.66. The molecule has 4 heteroatoms. The van der Waals surface area contributed by atoms with E-state index in [1.54, 1.807) is 12.1 Å². The van der Waals surface area contributed by atoms with Crippen molar-refractivity contribution in [2.24, 2.45) is 17.8 Å². The van der Waals surface area contributed by atoms with Crippen molar-refractivity contribution < 1.29 is 19.1 Å². The highest BCUT2D eigenvalue weighted by molar-refractivity contribution is 6.17. The first-order chi connectivity index (χ1) is 15.9. The Hall–Kier alpha value is -2.98. The number of allylic oxidation sites excluding steroid dienone is 2. The summed E-state index contributed by atoms with van der Waals surface area (Å²) in [5, 5.41) is 0. The number of rotatable bonds is 4. The predicted octanol–water partition coefficient (Wildman–Crippen LogP) is 5.86. The van der Waals surface area contributed by atoms with Gasteiger partial charge in [-0.1, -0.05) is 54.1 Å². The van der Waals surface area contributed by atoms with E-state index in [0.29, 0.717) is 17.5 Å². The summed E-state index contributed by atoms with van der Waals surface area (Å²) in [6.07, 6.45) is 9.18. The summed E-state index contributed by atoms with van der Waals surface area (Å²) in [7, 11) is 0. The molecule has 0 radical (unpaired) electrons. The van der Waals surface area contributed by atoms with Gasteiger partial charge in [-0.2, -0.15) is 0 Å². The van der Waals surface area contributed by atoms with E-state index in [1.807, 2.05) is 55.5 Å². The number of Topliss-reactive ketones (excluding diaryl/α,β-unsaturated/α-hetero) is 2. The molecule has 2 bridgehead atoms. The quantitative estimate of drug-likeness (QED) is 0.598. The van der Waals surface area contributed by atoms with Crippen LogP contribution in [0.4, 0.5) is 0 Å². The predicted molar refractivity (Wildman–Crippen MR) is 125 cm³/mol. The highest BCUT2D eigenvalue weighted by Crippen LogP contribution is 2.61. The molecular formula is C29H28O4. The van der Waals surface area contributed by atoms with Gasteiger partial charge in [-0.3, -0.25) is 9.59 Å². The van der Waals surface area contributed by atoms with Crippen molar-refractivity contribution in [1.82, 2.24) is 0 Å². The molecule has 2 saturated carbocycles. The molecule has 0 aromatic heterocycles. The van der Waals surface area contributed by atoms with Crippen LogP contribution in [0.2, 0.25) is 0 Å². The van der Waals surface area contributed by atoms with Crippen molar-refractivity contribution in [3.63, 3.8) is 0 Å². The summed E-state index contributed by atoms with van der Waals surface area (Å²) in [6.45, 7) is 4.10. The molecule has 2 fully saturated rings. The minimum Gasteiger partial charge on any atom is -0.459 e. The van der Waals surface area contributed by atoms with Gasteiger partial charge in [-0.25, -0.2) is 0 Å². The first-order valence-corrected chi connectivity index (χ1v) is 11.9. The van der Waals surface area contributed by atoms with Gasteiger partial charge in [0.25, 0.3) is 0 Å². The van der Waals surface area contributed by atoms with Crippen molar-refractivity contribution in [3.8, 4) is 5.75 Å². The van der Waals surface area contributed by atoms with Gasteiger partial charge in [0, 0.05) is 23.5 Å². The number of hydrogen-bond acceptors (Lipinski definition) is 4. The first-order valence-electron chi connectivity index (χ1n) is 11.9. The topological polar surface area (TPSA) is 52.6 Å². The van der Waals surface area contributed by atoms with Gasteiger partial charge in [-0.15, -0.1) is 0 Å². The van der Waals surface area contributed by atoms with E-state index in [0.717, 1.165) is 30.8 Å². The van der Waals surface area contributed by atoms with E-state index >= 15 is 0 Å². The molecule has 33 heavy (non-hydrogen) atoms. The third kappa shape index (κ3) is 3.07. The zero-order valence-electron chi connectivity index (χ0n) is 19.0. The molecule has 0 aliphatic heterocycles. The second kappa shape index (κ2) is 7.26. The van der Waals surface area contributed by atoms with Crippen LogP contribution in [0.25, 0.3) is 0 Å². The van der Waals surface area contributed by atoms with Crippen LogP contribution in [0.3, 0.4) is 0 Å². The number of aryl methyl sites for hydroxylation is 1. The number of carbonyl (C=O) groups is 2. The number of fused-ring (bicyclic) bond motifs is 6. The van der Waals surface area contributed by atoms with Gasteiger partial charge in [0.2, 0.25) is 0 Å². The molecule has 0 spiro atoms. The van der Waals surface area contributed by atoms with Crippen LogP contribution in [0.1, 0.15) is 58.9 Å². The molecule has 0 amide bonds. The lowest BCUT2D eigenvalue weighted by molar-refractivity contribution is -0.154. The van der Waals surface area contributed by atoms with Crippen molar-refractivity contribution >= 4 is 11.6 Å². The number of carbonyl (C=O) groups excluding carboxylic acids is 2. The van der Waals surface area contributed by atoms with Crippen molar-refractivity contribution in [2.75, 3.05) is 0 Å². The Morgan fingerprint density at radius 3 is 2.45 bits per heavy atom. The Kier molecular flexibility index (Phi) is 4.54. The van der Waals surface area contributed by atoms with Gasteiger partial charge in [0.1, 0.15) is 17.1 Å². The fraction of sp³-hybridized carbons (Fsp3) is 0.379. The fourth-order valence-electron chi connectivity index (χ4n) is 6.59. The van der Waals surface area contributed by atoms with E-state index in [2.05, 4.69) is 13.0 Å². The summed E-state index contributed by atoms with van der Waals surface area (Å²) >= 11 is 0. The van der Waals surface area contributed by atoms with Crippen LogP contribution in [-0.2, 0) is 4.74 Å². The molecule has 2 aromatic rings. The van der Waals surface area contributed by atoms with Gasteiger partial charge >= 0.3 is 0 Å². The molecule has 4 aliphatic rings.